The predicted octanol–water partition coefficient (Wildman–Crippen LogP) is 5.04. The highest BCUT2D eigenvalue weighted by Crippen LogP contribution is 2.54. The zero-order valence-corrected chi connectivity index (χ0v) is 22.7. The number of nitrogens with zero attached hydrogens (tertiary/aromatic N) is 2. The molecule has 0 radical (unpaired) electrons. The topological polar surface area (TPSA) is 94.9 Å². The summed E-state index contributed by atoms with van der Waals surface area (Å²) in [7, 11) is 0. The third-order valence-electron chi connectivity index (χ3n) is 8.12. The SMILES string of the molecule is Cc1cccc2c1SCc1cc(F)ccc1C2N1CC2(CC2)C(=O)c2c(OCc3oc(=O)oc3C)c(=O)ccn21. The number of hydrogen-bond acceptors (Lipinski definition) is 8. The zero-order chi connectivity index (χ0) is 27.8. The number of ether oxygens (including phenoxy) is 1. The van der Waals surface area contributed by atoms with Gasteiger partial charge in [-0.05, 0) is 61.1 Å². The lowest BCUT2D eigenvalue weighted by molar-refractivity contribution is 0.0852. The fraction of sp³-hybridized carbons (Fsp3) is 0.300. The van der Waals surface area contributed by atoms with Crippen LogP contribution in [0.5, 0.6) is 5.75 Å². The number of halogens is 1. The number of pyridine rings is 1. The van der Waals surface area contributed by atoms with Crippen LogP contribution >= 0.6 is 11.8 Å². The molecule has 40 heavy (non-hydrogen) atoms. The maximum Gasteiger partial charge on any atom is 0.519 e. The summed E-state index contributed by atoms with van der Waals surface area (Å²) in [5.41, 5.74) is 3.08. The van der Waals surface area contributed by atoms with E-state index in [4.69, 9.17) is 13.6 Å². The Morgan fingerprint density at radius 1 is 1.07 bits per heavy atom. The zero-order valence-electron chi connectivity index (χ0n) is 21.9. The molecule has 1 unspecified atom stereocenters. The summed E-state index contributed by atoms with van der Waals surface area (Å²) in [6, 6.07) is 12.1. The van der Waals surface area contributed by atoms with Crippen molar-refractivity contribution in [2.45, 2.75) is 50.0 Å². The minimum absolute atomic E-state index is 0.0986. The molecule has 1 spiro atoms. The lowest BCUT2D eigenvalue weighted by atomic mass is 9.89. The highest BCUT2D eigenvalue weighted by atomic mass is 32.2. The van der Waals surface area contributed by atoms with Gasteiger partial charge in [-0.15, -0.1) is 11.8 Å². The smallest absolute Gasteiger partial charge is 0.479 e. The minimum Gasteiger partial charge on any atom is -0.479 e. The first-order valence-electron chi connectivity index (χ1n) is 13.1. The number of carbonyl (C=O) groups is 1. The van der Waals surface area contributed by atoms with Gasteiger partial charge in [0, 0.05) is 29.5 Å². The minimum atomic E-state index is -0.864. The van der Waals surface area contributed by atoms with E-state index in [1.165, 1.54) is 12.1 Å². The number of hydrogen-bond donors (Lipinski definition) is 0. The van der Waals surface area contributed by atoms with Crippen molar-refractivity contribution >= 4 is 17.5 Å². The molecule has 8 nitrogen and oxygen atoms in total. The van der Waals surface area contributed by atoms with Crippen molar-refractivity contribution in [2.75, 3.05) is 11.6 Å². The molecule has 3 aliphatic rings. The summed E-state index contributed by atoms with van der Waals surface area (Å²) in [6.45, 7) is 3.83. The number of aryl methyl sites for hydroxylation is 2. The van der Waals surface area contributed by atoms with Crippen LogP contribution in [0.15, 0.2) is 72.0 Å². The van der Waals surface area contributed by atoms with Crippen LogP contribution in [0.4, 0.5) is 4.39 Å². The molecule has 1 atom stereocenters. The summed E-state index contributed by atoms with van der Waals surface area (Å²) in [5.74, 6) is -0.401. The lowest BCUT2D eigenvalue weighted by Gasteiger charge is -2.43. The van der Waals surface area contributed by atoms with E-state index in [0.29, 0.717) is 25.1 Å². The summed E-state index contributed by atoms with van der Waals surface area (Å²) in [6.07, 6.45) is 3.00. The maximum absolute atomic E-state index is 14.4. The second-order valence-electron chi connectivity index (χ2n) is 10.7. The van der Waals surface area contributed by atoms with E-state index in [-0.39, 0.29) is 47.2 Å². The van der Waals surface area contributed by atoms with E-state index in [0.717, 1.165) is 27.1 Å². The van der Waals surface area contributed by atoms with Crippen LogP contribution in [-0.2, 0) is 12.4 Å². The monoisotopic (exact) mass is 560 g/mol. The normalized spacial score (nSPS) is 18.6. The van der Waals surface area contributed by atoms with Gasteiger partial charge in [0.05, 0.1) is 11.5 Å². The Balaban J connectivity index is 1.42. The molecule has 4 aromatic rings. The van der Waals surface area contributed by atoms with E-state index in [1.807, 2.05) is 12.1 Å². The molecule has 0 N–H and O–H groups in total. The van der Waals surface area contributed by atoms with Crippen molar-refractivity contribution in [3.05, 3.63) is 115 Å². The van der Waals surface area contributed by atoms with Gasteiger partial charge in [0.15, 0.2) is 28.7 Å². The van der Waals surface area contributed by atoms with E-state index in [9.17, 15) is 18.8 Å². The molecular weight excluding hydrogens is 535 g/mol. The predicted molar refractivity (Wildman–Crippen MR) is 145 cm³/mol. The number of aromatic nitrogens is 1. The fourth-order valence-corrected chi connectivity index (χ4v) is 7.06. The van der Waals surface area contributed by atoms with Gasteiger partial charge in [-0.2, -0.15) is 0 Å². The number of carbonyl (C=O) groups excluding carboxylic acids is 1. The van der Waals surface area contributed by atoms with Crippen molar-refractivity contribution in [2.24, 2.45) is 5.41 Å². The average Bonchev–Trinajstić information content (AvgIpc) is 3.65. The van der Waals surface area contributed by atoms with Crippen LogP contribution in [0.1, 0.15) is 63.1 Å². The van der Waals surface area contributed by atoms with Gasteiger partial charge in [-0.3, -0.25) is 19.3 Å². The van der Waals surface area contributed by atoms with Crippen LogP contribution in [0.2, 0.25) is 0 Å². The second-order valence-corrected chi connectivity index (χ2v) is 11.6. The Morgan fingerprint density at radius 3 is 2.65 bits per heavy atom. The average molecular weight is 561 g/mol. The van der Waals surface area contributed by atoms with Crippen LogP contribution in [-0.4, -0.2) is 17.0 Å². The Hall–Kier alpha value is -4.05. The third kappa shape index (κ3) is 3.84. The van der Waals surface area contributed by atoms with E-state index >= 15 is 0 Å². The van der Waals surface area contributed by atoms with Gasteiger partial charge in [-0.1, -0.05) is 24.3 Å². The second kappa shape index (κ2) is 8.99. The van der Waals surface area contributed by atoms with E-state index in [1.54, 1.807) is 35.6 Å². The fourth-order valence-electron chi connectivity index (χ4n) is 5.87. The standard InChI is InChI=1S/C30H25FN2O6S/c1-16-4-3-5-21-24(20-7-6-19(31)12-18(20)14-40-27(16)21)33-15-30(9-10-30)28(35)25-26(22(34)8-11-32(25)33)37-13-23-17(2)38-29(36)39-23/h3-8,11-12,24H,9-10,13-15H2,1-2H3. The summed E-state index contributed by atoms with van der Waals surface area (Å²) >= 11 is 1.68. The van der Waals surface area contributed by atoms with Crippen LogP contribution in [0.25, 0.3) is 0 Å². The van der Waals surface area contributed by atoms with Gasteiger partial charge in [0.1, 0.15) is 12.4 Å². The number of ketones is 1. The van der Waals surface area contributed by atoms with Crippen molar-refractivity contribution < 1.29 is 22.8 Å². The molecule has 1 fully saturated rings. The van der Waals surface area contributed by atoms with Gasteiger partial charge >= 0.3 is 5.82 Å². The molecule has 10 heteroatoms. The molecule has 1 aliphatic carbocycles. The number of fused-ring (bicyclic) bond motifs is 3. The molecule has 0 amide bonds. The molecule has 7 rings (SSSR count). The van der Waals surface area contributed by atoms with E-state index < -0.39 is 16.7 Å². The first kappa shape index (κ1) is 25.0. The number of thioether (sulfide) groups is 1. The Bertz CT molecular complexity index is 1820. The molecular formula is C30H25FN2O6S. The van der Waals surface area contributed by atoms with Gasteiger partial charge in [-0.25, -0.2) is 9.18 Å². The number of rotatable bonds is 4. The molecule has 1 saturated carbocycles. The quantitative estimate of drug-likeness (QED) is 0.343. The molecule has 4 heterocycles. The Kier molecular flexibility index (Phi) is 5.61. The number of Topliss-reactive ketones (excluding diaryl/α,β-unsaturated/α-hetero) is 1. The van der Waals surface area contributed by atoms with Crippen LogP contribution in [0.3, 0.4) is 0 Å². The molecule has 2 aliphatic heterocycles. The highest BCUT2D eigenvalue weighted by Gasteiger charge is 2.57. The first-order valence-corrected chi connectivity index (χ1v) is 14.0. The van der Waals surface area contributed by atoms with Crippen LogP contribution < -0.4 is 21.0 Å². The molecule has 0 bridgehead atoms. The van der Waals surface area contributed by atoms with Crippen molar-refractivity contribution in [1.82, 2.24) is 4.68 Å². The Morgan fingerprint density at radius 2 is 1.90 bits per heavy atom. The Labute approximate surface area is 232 Å². The maximum atomic E-state index is 14.4. The highest BCUT2D eigenvalue weighted by molar-refractivity contribution is 7.98. The number of benzene rings is 2. The summed E-state index contributed by atoms with van der Waals surface area (Å²) in [5, 5.41) is 2.11. The van der Waals surface area contributed by atoms with E-state index in [2.05, 4.69) is 24.1 Å². The van der Waals surface area contributed by atoms with Crippen LogP contribution in [0, 0.1) is 25.1 Å². The molecule has 2 aromatic heterocycles. The summed E-state index contributed by atoms with van der Waals surface area (Å²) in [4.78, 5) is 39.7. The van der Waals surface area contributed by atoms with Crippen molar-refractivity contribution in [1.29, 1.82) is 0 Å². The largest absolute Gasteiger partial charge is 0.519 e. The van der Waals surface area contributed by atoms with Gasteiger partial charge in [0.2, 0.25) is 5.43 Å². The third-order valence-corrected chi connectivity index (χ3v) is 9.42. The molecule has 0 saturated heterocycles. The molecule has 2 aromatic carbocycles. The lowest BCUT2D eigenvalue weighted by Crippen LogP contribution is -2.52. The van der Waals surface area contributed by atoms with Crippen molar-refractivity contribution in [3.63, 3.8) is 0 Å². The van der Waals surface area contributed by atoms with Gasteiger partial charge < -0.3 is 13.6 Å². The first-order chi connectivity index (χ1) is 19.3. The molecule has 204 valence electrons. The summed E-state index contributed by atoms with van der Waals surface area (Å²) < 4.78 is 32.0. The van der Waals surface area contributed by atoms with Gasteiger partial charge in [0.25, 0.3) is 0 Å². The van der Waals surface area contributed by atoms with Crippen molar-refractivity contribution in [3.8, 4) is 5.75 Å².